The molecule has 1 N–H and O–H groups in total. The lowest BCUT2D eigenvalue weighted by molar-refractivity contribution is 1.20. The van der Waals surface area contributed by atoms with Crippen LogP contribution in [0.1, 0.15) is 5.69 Å². The summed E-state index contributed by atoms with van der Waals surface area (Å²) in [5.41, 5.74) is 2.14. The lowest BCUT2D eigenvalue weighted by Gasteiger charge is -1.99. The van der Waals surface area contributed by atoms with Gasteiger partial charge in [-0.25, -0.2) is 0 Å². The minimum Gasteiger partial charge on any atom is -0.375 e. The van der Waals surface area contributed by atoms with Crippen LogP contribution in [0.2, 0.25) is 0 Å². The van der Waals surface area contributed by atoms with E-state index in [9.17, 15) is 0 Å². The number of aryl methyl sites for hydroxylation is 1. The molecule has 1 rings (SSSR count). The Kier molecular flexibility index (Phi) is 2.92. The summed E-state index contributed by atoms with van der Waals surface area (Å²) in [4.78, 5) is 4.13. The Morgan fingerprint density at radius 2 is 2.40 bits per heavy atom. The summed E-state index contributed by atoms with van der Waals surface area (Å²) in [5.74, 6) is 0. The summed E-state index contributed by atoms with van der Waals surface area (Å²) in [6, 6.07) is 4.02. The van der Waals surface area contributed by atoms with Gasteiger partial charge in [0, 0.05) is 5.69 Å². The number of aromatic nitrogens is 1. The third-order valence-electron chi connectivity index (χ3n) is 1.18. The molecule has 0 aromatic carbocycles. The number of halogens is 1. The summed E-state index contributed by atoms with van der Waals surface area (Å²) in [5, 5.41) is 3.16. The van der Waals surface area contributed by atoms with Crippen LogP contribution in [-0.2, 0) is 0 Å². The highest BCUT2D eigenvalue weighted by Gasteiger charge is 1.87. The first-order chi connectivity index (χ1) is 4.83. The molecule has 54 valence electrons. The predicted molar refractivity (Wildman–Crippen MR) is 51.5 cm³/mol. The van der Waals surface area contributed by atoms with Crippen molar-refractivity contribution in [1.29, 1.82) is 0 Å². The zero-order valence-electron chi connectivity index (χ0n) is 5.76. The normalized spacial score (nSPS) is 9.40. The summed E-state index contributed by atoms with van der Waals surface area (Å²) in [6.45, 7) is 1.98. The molecule has 1 aromatic rings. The van der Waals surface area contributed by atoms with Gasteiger partial charge in [0.25, 0.3) is 0 Å². The average Bonchev–Trinajstić information content (AvgIpc) is 1.95. The molecule has 0 bridgehead atoms. The average molecular weight is 248 g/mol. The maximum atomic E-state index is 4.13. The van der Waals surface area contributed by atoms with Gasteiger partial charge in [0.05, 0.1) is 16.4 Å². The molecular formula is C7H9IN2. The van der Waals surface area contributed by atoms with E-state index in [1.54, 1.807) is 0 Å². The number of nitrogens with zero attached hydrogens (tertiary/aromatic N) is 1. The number of hydrogen-bond acceptors (Lipinski definition) is 2. The molecule has 3 heteroatoms. The van der Waals surface area contributed by atoms with Gasteiger partial charge in [-0.3, -0.25) is 4.98 Å². The molecule has 1 heterocycles. The fourth-order valence-electron chi connectivity index (χ4n) is 0.650. The van der Waals surface area contributed by atoms with E-state index in [4.69, 9.17) is 0 Å². The second kappa shape index (κ2) is 3.75. The fraction of sp³-hybridized carbons (Fsp3) is 0.286. The van der Waals surface area contributed by atoms with Crippen LogP contribution in [-0.4, -0.2) is 9.54 Å². The van der Waals surface area contributed by atoms with Crippen LogP contribution in [0.4, 0.5) is 5.69 Å². The van der Waals surface area contributed by atoms with E-state index in [-0.39, 0.29) is 0 Å². The van der Waals surface area contributed by atoms with Crippen molar-refractivity contribution in [3.63, 3.8) is 0 Å². The molecule has 0 spiro atoms. The second-order valence-electron chi connectivity index (χ2n) is 2.00. The van der Waals surface area contributed by atoms with Gasteiger partial charge in [-0.1, -0.05) is 22.6 Å². The molecule has 0 saturated carbocycles. The molecular weight excluding hydrogens is 239 g/mol. The summed E-state index contributed by atoms with van der Waals surface area (Å²) >= 11 is 2.26. The van der Waals surface area contributed by atoms with Crippen molar-refractivity contribution in [2.75, 3.05) is 9.87 Å². The first-order valence-electron chi connectivity index (χ1n) is 3.05. The van der Waals surface area contributed by atoms with Crippen molar-refractivity contribution >= 4 is 28.3 Å². The van der Waals surface area contributed by atoms with E-state index in [0.29, 0.717) is 0 Å². The van der Waals surface area contributed by atoms with Gasteiger partial charge in [0.1, 0.15) is 0 Å². The Balaban J connectivity index is 2.69. The Morgan fingerprint density at radius 1 is 1.60 bits per heavy atom. The second-order valence-corrected chi connectivity index (χ2v) is 2.76. The van der Waals surface area contributed by atoms with Gasteiger partial charge in [0.15, 0.2) is 0 Å². The molecule has 10 heavy (non-hydrogen) atoms. The van der Waals surface area contributed by atoms with Gasteiger partial charge in [-0.2, -0.15) is 0 Å². The third-order valence-corrected chi connectivity index (χ3v) is 1.56. The highest BCUT2D eigenvalue weighted by molar-refractivity contribution is 14.1. The molecule has 2 nitrogen and oxygen atoms in total. The van der Waals surface area contributed by atoms with Crippen LogP contribution in [0, 0.1) is 6.92 Å². The number of nitrogens with one attached hydrogen (secondary N) is 1. The first kappa shape index (κ1) is 7.78. The number of anilines is 1. The Labute approximate surface area is 74.2 Å². The smallest absolute Gasteiger partial charge is 0.0671 e. The largest absolute Gasteiger partial charge is 0.375 e. The van der Waals surface area contributed by atoms with Crippen LogP contribution in [0.25, 0.3) is 0 Å². The summed E-state index contributed by atoms with van der Waals surface area (Å²) in [6.07, 6.45) is 1.84. The van der Waals surface area contributed by atoms with Crippen molar-refractivity contribution in [2.45, 2.75) is 6.92 Å². The van der Waals surface area contributed by atoms with Crippen LogP contribution in [0.5, 0.6) is 0 Å². The molecule has 0 aliphatic rings. The van der Waals surface area contributed by atoms with Gasteiger partial charge >= 0.3 is 0 Å². The van der Waals surface area contributed by atoms with Gasteiger partial charge in [0.2, 0.25) is 0 Å². The minimum absolute atomic E-state index is 0.919. The van der Waals surface area contributed by atoms with Crippen molar-refractivity contribution in [1.82, 2.24) is 4.98 Å². The van der Waals surface area contributed by atoms with E-state index in [1.807, 2.05) is 25.3 Å². The molecule has 0 unspecified atom stereocenters. The number of pyridine rings is 1. The monoisotopic (exact) mass is 248 g/mol. The van der Waals surface area contributed by atoms with E-state index in [0.717, 1.165) is 15.9 Å². The third kappa shape index (κ3) is 2.13. The van der Waals surface area contributed by atoms with E-state index in [2.05, 4.69) is 32.9 Å². The lowest BCUT2D eigenvalue weighted by atomic mass is 10.3. The molecule has 1 aromatic heterocycles. The topological polar surface area (TPSA) is 24.9 Å². The molecule has 0 atom stereocenters. The van der Waals surface area contributed by atoms with Crippen LogP contribution in [0.3, 0.4) is 0 Å². The molecule has 0 fully saturated rings. The van der Waals surface area contributed by atoms with E-state index in [1.165, 1.54) is 0 Å². The maximum Gasteiger partial charge on any atom is 0.0671 e. The van der Waals surface area contributed by atoms with E-state index < -0.39 is 0 Å². The van der Waals surface area contributed by atoms with E-state index >= 15 is 0 Å². The zero-order valence-corrected chi connectivity index (χ0v) is 7.92. The highest BCUT2D eigenvalue weighted by Crippen LogP contribution is 2.05. The number of alkyl halides is 1. The maximum absolute atomic E-state index is 4.13. The molecule has 0 amide bonds. The predicted octanol–water partition coefficient (Wildman–Crippen LogP) is 2.19. The van der Waals surface area contributed by atoms with Crippen molar-refractivity contribution in [3.05, 3.63) is 24.0 Å². The molecule has 0 radical (unpaired) electrons. The molecule has 0 aliphatic carbocycles. The van der Waals surface area contributed by atoms with Gasteiger partial charge in [-0.05, 0) is 19.1 Å². The summed E-state index contributed by atoms with van der Waals surface area (Å²) in [7, 11) is 0. The first-order valence-corrected chi connectivity index (χ1v) is 4.58. The lowest BCUT2D eigenvalue weighted by Crippen LogP contribution is -1.93. The SMILES string of the molecule is Cc1ccc(NCI)cn1. The quantitative estimate of drug-likeness (QED) is 0.493. The van der Waals surface area contributed by atoms with Crippen molar-refractivity contribution in [2.24, 2.45) is 0 Å². The van der Waals surface area contributed by atoms with Crippen LogP contribution in [0.15, 0.2) is 18.3 Å². The highest BCUT2D eigenvalue weighted by atomic mass is 127. The van der Waals surface area contributed by atoms with Gasteiger partial charge in [-0.15, -0.1) is 0 Å². The molecule has 0 saturated heterocycles. The zero-order chi connectivity index (χ0) is 7.40. The summed E-state index contributed by atoms with van der Waals surface area (Å²) < 4.78 is 0.919. The van der Waals surface area contributed by atoms with Crippen LogP contribution < -0.4 is 5.32 Å². The minimum atomic E-state index is 0.919. The standard InChI is InChI=1S/C7H9IN2/c1-6-2-3-7(4-9-6)10-5-8/h2-4,10H,5H2,1H3. The Morgan fingerprint density at radius 3 is 2.90 bits per heavy atom. The Bertz CT molecular complexity index is 195. The Hall–Kier alpha value is -0.320. The fourth-order valence-corrected chi connectivity index (χ4v) is 1.09. The van der Waals surface area contributed by atoms with Crippen molar-refractivity contribution in [3.8, 4) is 0 Å². The van der Waals surface area contributed by atoms with Crippen molar-refractivity contribution < 1.29 is 0 Å². The van der Waals surface area contributed by atoms with Crippen LogP contribution >= 0.6 is 22.6 Å². The molecule has 0 aliphatic heterocycles. The number of rotatable bonds is 2. The number of hydrogen-bond donors (Lipinski definition) is 1. The van der Waals surface area contributed by atoms with Gasteiger partial charge < -0.3 is 5.32 Å².